The summed E-state index contributed by atoms with van der Waals surface area (Å²) in [7, 11) is 0. The van der Waals surface area contributed by atoms with E-state index < -0.39 is 6.09 Å². The Morgan fingerprint density at radius 3 is 2.53 bits per heavy atom. The van der Waals surface area contributed by atoms with Gasteiger partial charge in [0.1, 0.15) is 0 Å². The van der Waals surface area contributed by atoms with Crippen LogP contribution in [0.2, 0.25) is 5.15 Å². The van der Waals surface area contributed by atoms with Crippen LogP contribution < -0.4 is 4.90 Å². The van der Waals surface area contributed by atoms with E-state index in [1.54, 1.807) is 6.07 Å². The van der Waals surface area contributed by atoms with Gasteiger partial charge in [0.15, 0.2) is 11.0 Å². The van der Waals surface area contributed by atoms with Crippen LogP contribution in [0.4, 0.5) is 10.6 Å². The van der Waals surface area contributed by atoms with Crippen molar-refractivity contribution in [2.24, 2.45) is 0 Å². The Bertz CT molecular complexity index is 432. The average Bonchev–Trinajstić information content (AvgIpc) is 2.29. The standard InChI is InChI=1S/C10H13ClN4O2/c1-7-6-8(11)12-13-9(7)14-2-4-15(5-3-14)10(16)17/h6H,2-5H2,1H3,(H,16,17). The maximum atomic E-state index is 10.8. The first-order valence-electron chi connectivity index (χ1n) is 5.30. The fourth-order valence-electron chi connectivity index (χ4n) is 1.87. The largest absolute Gasteiger partial charge is 0.465 e. The molecule has 2 rings (SSSR count). The molecule has 0 aliphatic carbocycles. The van der Waals surface area contributed by atoms with Crippen molar-refractivity contribution in [2.75, 3.05) is 31.1 Å². The molecule has 6 nitrogen and oxygen atoms in total. The first-order valence-corrected chi connectivity index (χ1v) is 5.68. The molecule has 1 amide bonds. The van der Waals surface area contributed by atoms with Gasteiger partial charge in [-0.3, -0.25) is 0 Å². The van der Waals surface area contributed by atoms with Gasteiger partial charge in [0, 0.05) is 26.2 Å². The highest BCUT2D eigenvalue weighted by Crippen LogP contribution is 2.19. The van der Waals surface area contributed by atoms with Crippen molar-refractivity contribution in [3.8, 4) is 0 Å². The van der Waals surface area contributed by atoms with Crippen LogP contribution in [0.1, 0.15) is 5.56 Å². The fourth-order valence-corrected chi connectivity index (χ4v) is 2.07. The van der Waals surface area contributed by atoms with Gasteiger partial charge in [-0.05, 0) is 18.6 Å². The molecule has 92 valence electrons. The number of hydrogen-bond acceptors (Lipinski definition) is 4. The van der Waals surface area contributed by atoms with Crippen LogP contribution in [0.25, 0.3) is 0 Å². The van der Waals surface area contributed by atoms with Crippen molar-refractivity contribution < 1.29 is 9.90 Å². The van der Waals surface area contributed by atoms with Crippen LogP contribution in [-0.4, -0.2) is 52.5 Å². The molecular weight excluding hydrogens is 244 g/mol. The third kappa shape index (κ3) is 2.58. The zero-order chi connectivity index (χ0) is 12.4. The molecule has 0 saturated carbocycles. The lowest BCUT2D eigenvalue weighted by molar-refractivity contribution is 0.142. The van der Waals surface area contributed by atoms with Gasteiger partial charge in [0.2, 0.25) is 0 Å². The fraction of sp³-hybridized carbons (Fsp3) is 0.500. The highest BCUT2D eigenvalue weighted by Gasteiger charge is 2.22. The SMILES string of the molecule is Cc1cc(Cl)nnc1N1CCN(C(=O)O)CC1. The zero-order valence-corrected chi connectivity index (χ0v) is 10.2. The lowest BCUT2D eigenvalue weighted by Crippen LogP contribution is -2.48. The first kappa shape index (κ1) is 11.9. The van der Waals surface area contributed by atoms with E-state index in [-0.39, 0.29) is 0 Å². The summed E-state index contributed by atoms with van der Waals surface area (Å²) < 4.78 is 0. The lowest BCUT2D eigenvalue weighted by atomic mass is 10.2. The predicted octanol–water partition coefficient (Wildman–Crippen LogP) is 1.24. The highest BCUT2D eigenvalue weighted by atomic mass is 35.5. The summed E-state index contributed by atoms with van der Waals surface area (Å²) in [6, 6.07) is 1.76. The van der Waals surface area contributed by atoms with Crippen LogP contribution in [0.5, 0.6) is 0 Å². The number of halogens is 1. The van der Waals surface area contributed by atoms with E-state index in [1.165, 1.54) is 4.90 Å². The molecule has 1 aromatic rings. The van der Waals surface area contributed by atoms with E-state index in [4.69, 9.17) is 16.7 Å². The van der Waals surface area contributed by atoms with Crippen LogP contribution in [-0.2, 0) is 0 Å². The van der Waals surface area contributed by atoms with E-state index in [1.807, 2.05) is 11.8 Å². The molecule has 1 N–H and O–H groups in total. The summed E-state index contributed by atoms with van der Waals surface area (Å²) in [5, 5.41) is 17.1. The normalized spacial score (nSPS) is 16.1. The molecule has 1 fully saturated rings. The van der Waals surface area contributed by atoms with Gasteiger partial charge in [-0.15, -0.1) is 10.2 Å². The number of aromatic nitrogens is 2. The van der Waals surface area contributed by atoms with Gasteiger partial charge in [0.25, 0.3) is 0 Å². The second-order valence-electron chi connectivity index (χ2n) is 3.93. The van der Waals surface area contributed by atoms with Crippen molar-refractivity contribution in [3.63, 3.8) is 0 Å². The van der Waals surface area contributed by atoms with Crippen molar-refractivity contribution >= 4 is 23.5 Å². The Kier molecular flexibility index (Phi) is 3.33. The van der Waals surface area contributed by atoms with E-state index >= 15 is 0 Å². The number of aryl methyl sites for hydroxylation is 1. The Morgan fingerprint density at radius 1 is 1.35 bits per heavy atom. The Hall–Kier alpha value is -1.56. The number of carboxylic acid groups (broad SMARTS) is 1. The monoisotopic (exact) mass is 256 g/mol. The predicted molar refractivity (Wildman–Crippen MR) is 63.6 cm³/mol. The molecule has 17 heavy (non-hydrogen) atoms. The number of anilines is 1. The van der Waals surface area contributed by atoms with E-state index in [9.17, 15) is 4.79 Å². The molecule has 1 aliphatic heterocycles. The van der Waals surface area contributed by atoms with E-state index in [0.29, 0.717) is 31.3 Å². The maximum Gasteiger partial charge on any atom is 0.407 e. The Labute approximate surface area is 104 Å². The molecule has 0 bridgehead atoms. The third-order valence-corrected chi connectivity index (χ3v) is 2.96. The average molecular weight is 257 g/mol. The number of carbonyl (C=O) groups is 1. The minimum Gasteiger partial charge on any atom is -0.465 e. The maximum absolute atomic E-state index is 10.8. The lowest BCUT2D eigenvalue weighted by Gasteiger charge is -2.34. The molecule has 0 aromatic carbocycles. The zero-order valence-electron chi connectivity index (χ0n) is 9.43. The van der Waals surface area contributed by atoms with Gasteiger partial charge in [-0.25, -0.2) is 4.79 Å². The summed E-state index contributed by atoms with van der Waals surface area (Å²) >= 11 is 5.74. The van der Waals surface area contributed by atoms with Crippen molar-refractivity contribution in [1.29, 1.82) is 0 Å². The van der Waals surface area contributed by atoms with Crippen LogP contribution in [0.3, 0.4) is 0 Å². The van der Waals surface area contributed by atoms with Gasteiger partial charge in [-0.1, -0.05) is 11.6 Å². The third-order valence-electron chi connectivity index (χ3n) is 2.78. The highest BCUT2D eigenvalue weighted by molar-refractivity contribution is 6.29. The summed E-state index contributed by atoms with van der Waals surface area (Å²) in [5.74, 6) is 0.777. The van der Waals surface area contributed by atoms with E-state index in [2.05, 4.69) is 10.2 Å². The van der Waals surface area contributed by atoms with Crippen molar-refractivity contribution in [1.82, 2.24) is 15.1 Å². The second-order valence-corrected chi connectivity index (χ2v) is 4.32. The molecule has 1 aliphatic rings. The Balaban J connectivity index is 2.08. The smallest absolute Gasteiger partial charge is 0.407 e. The summed E-state index contributed by atoms with van der Waals surface area (Å²) in [6.45, 7) is 4.14. The minimum atomic E-state index is -0.872. The first-order chi connectivity index (χ1) is 8.08. The Morgan fingerprint density at radius 2 is 2.00 bits per heavy atom. The second kappa shape index (κ2) is 4.75. The number of piperazine rings is 1. The molecule has 0 atom stereocenters. The molecule has 0 spiro atoms. The molecule has 2 heterocycles. The van der Waals surface area contributed by atoms with Crippen LogP contribution in [0, 0.1) is 6.92 Å². The molecular formula is C10H13ClN4O2. The van der Waals surface area contributed by atoms with Crippen molar-refractivity contribution in [3.05, 3.63) is 16.8 Å². The van der Waals surface area contributed by atoms with E-state index in [0.717, 1.165) is 11.4 Å². The number of rotatable bonds is 1. The molecule has 1 aromatic heterocycles. The molecule has 1 saturated heterocycles. The van der Waals surface area contributed by atoms with Crippen molar-refractivity contribution in [2.45, 2.75) is 6.92 Å². The van der Waals surface area contributed by atoms with Gasteiger partial charge >= 0.3 is 6.09 Å². The van der Waals surface area contributed by atoms with Gasteiger partial charge in [-0.2, -0.15) is 0 Å². The molecule has 7 heteroatoms. The number of nitrogens with zero attached hydrogens (tertiary/aromatic N) is 4. The summed E-state index contributed by atoms with van der Waals surface area (Å²) in [6.07, 6.45) is -0.872. The topological polar surface area (TPSA) is 69.6 Å². The number of hydrogen-bond donors (Lipinski definition) is 1. The summed E-state index contributed by atoms with van der Waals surface area (Å²) in [5.41, 5.74) is 0.953. The quantitative estimate of drug-likeness (QED) is 0.819. The van der Waals surface area contributed by atoms with Gasteiger partial charge < -0.3 is 14.9 Å². The minimum absolute atomic E-state index is 0.371. The van der Waals surface area contributed by atoms with Gasteiger partial charge in [0.05, 0.1) is 0 Å². The molecule has 0 unspecified atom stereocenters. The molecule has 0 radical (unpaired) electrons. The van der Waals surface area contributed by atoms with Crippen LogP contribution >= 0.6 is 11.6 Å². The van der Waals surface area contributed by atoms with Crippen LogP contribution in [0.15, 0.2) is 6.07 Å². The summed E-state index contributed by atoms with van der Waals surface area (Å²) in [4.78, 5) is 14.2. The number of amides is 1.